The molecule has 2 heterocycles. The smallest absolute Gasteiger partial charge is 0.266 e. The monoisotopic (exact) mass is 468 g/mol. The molecule has 1 N–H and O–H groups in total. The number of amides is 2. The van der Waals surface area contributed by atoms with E-state index in [2.05, 4.69) is 19.2 Å². The molecule has 1 saturated heterocycles. The lowest BCUT2D eigenvalue weighted by atomic mass is 9.91. The SMILES string of the molecule is COCc1c(C(=O)Nc2cc(C(=O)N3CC(C)CC(C)C3)ccc2C)sc2cccc(F)c12. The minimum absolute atomic E-state index is 0.0205. The number of likely N-dealkylation sites (tertiary alicyclic amines) is 1. The predicted molar refractivity (Wildman–Crippen MR) is 130 cm³/mol. The fraction of sp³-hybridized carbons (Fsp3) is 0.385. The largest absolute Gasteiger partial charge is 0.380 e. The summed E-state index contributed by atoms with van der Waals surface area (Å²) < 4.78 is 20.4. The lowest BCUT2D eigenvalue weighted by molar-refractivity contribution is 0.0623. The highest BCUT2D eigenvalue weighted by molar-refractivity contribution is 7.21. The van der Waals surface area contributed by atoms with Crippen LogP contribution in [-0.4, -0.2) is 36.9 Å². The van der Waals surface area contributed by atoms with Crippen LogP contribution in [0.25, 0.3) is 10.1 Å². The molecule has 0 saturated carbocycles. The van der Waals surface area contributed by atoms with Gasteiger partial charge in [-0.2, -0.15) is 0 Å². The van der Waals surface area contributed by atoms with E-state index in [1.54, 1.807) is 18.2 Å². The van der Waals surface area contributed by atoms with Gasteiger partial charge in [-0.25, -0.2) is 4.39 Å². The maximum absolute atomic E-state index is 14.5. The van der Waals surface area contributed by atoms with Crippen molar-refractivity contribution >= 4 is 38.9 Å². The zero-order valence-electron chi connectivity index (χ0n) is 19.4. The van der Waals surface area contributed by atoms with Gasteiger partial charge in [0, 0.05) is 47.1 Å². The van der Waals surface area contributed by atoms with E-state index in [1.807, 2.05) is 24.0 Å². The summed E-state index contributed by atoms with van der Waals surface area (Å²) in [5, 5.41) is 3.36. The van der Waals surface area contributed by atoms with E-state index in [1.165, 1.54) is 24.5 Å². The number of halogens is 1. The molecule has 4 rings (SSSR count). The normalized spacial score (nSPS) is 18.5. The van der Waals surface area contributed by atoms with Gasteiger partial charge in [0.05, 0.1) is 11.5 Å². The summed E-state index contributed by atoms with van der Waals surface area (Å²) in [5.41, 5.74) is 2.51. The third-order valence-corrected chi connectivity index (χ3v) is 7.34. The average molecular weight is 469 g/mol. The van der Waals surface area contributed by atoms with E-state index in [-0.39, 0.29) is 24.2 Å². The molecule has 0 radical (unpaired) electrons. The number of thiophene rings is 1. The molecule has 5 nitrogen and oxygen atoms in total. The van der Waals surface area contributed by atoms with Crippen LogP contribution < -0.4 is 5.32 Å². The molecule has 2 aromatic carbocycles. The molecule has 3 aromatic rings. The molecule has 2 unspecified atom stereocenters. The third-order valence-electron chi connectivity index (χ3n) is 6.15. The minimum Gasteiger partial charge on any atom is -0.380 e. The van der Waals surface area contributed by atoms with Gasteiger partial charge in [-0.1, -0.05) is 26.0 Å². The van der Waals surface area contributed by atoms with Crippen molar-refractivity contribution in [2.45, 2.75) is 33.8 Å². The number of carbonyl (C=O) groups excluding carboxylic acids is 2. The number of fused-ring (bicyclic) bond motifs is 1. The maximum Gasteiger partial charge on any atom is 0.266 e. The molecule has 2 atom stereocenters. The summed E-state index contributed by atoms with van der Waals surface area (Å²) >= 11 is 1.24. The second-order valence-electron chi connectivity index (χ2n) is 9.10. The number of nitrogens with one attached hydrogen (secondary N) is 1. The molecule has 1 aliphatic rings. The zero-order chi connectivity index (χ0) is 23.7. The Kier molecular flexibility index (Phi) is 6.81. The Morgan fingerprint density at radius 1 is 1.18 bits per heavy atom. The number of benzene rings is 2. The molecule has 0 spiro atoms. The van der Waals surface area contributed by atoms with Crippen LogP contribution in [0.3, 0.4) is 0 Å². The Balaban J connectivity index is 1.62. The standard InChI is InChI=1S/C26H29FN2O3S/c1-15-10-16(2)13-29(12-15)26(31)18-9-8-17(3)21(11-18)28-25(30)24-19(14-32-4)23-20(27)6-5-7-22(23)33-24/h5-9,11,15-16H,10,12-14H2,1-4H3,(H,28,30). The van der Waals surface area contributed by atoms with Crippen molar-refractivity contribution in [2.75, 3.05) is 25.5 Å². The molecule has 1 aromatic heterocycles. The summed E-state index contributed by atoms with van der Waals surface area (Å²) in [6.45, 7) is 7.84. The van der Waals surface area contributed by atoms with Gasteiger partial charge in [-0.15, -0.1) is 11.3 Å². The highest BCUT2D eigenvalue weighted by Gasteiger charge is 2.27. The molecule has 7 heteroatoms. The van der Waals surface area contributed by atoms with Gasteiger partial charge in [-0.3, -0.25) is 9.59 Å². The quantitative estimate of drug-likeness (QED) is 0.510. The third kappa shape index (κ3) is 4.80. The molecular formula is C26H29FN2O3S. The highest BCUT2D eigenvalue weighted by Crippen LogP contribution is 2.34. The number of nitrogens with zero attached hydrogens (tertiary/aromatic N) is 1. The first-order chi connectivity index (χ1) is 15.8. The molecule has 33 heavy (non-hydrogen) atoms. The molecule has 0 bridgehead atoms. The Morgan fingerprint density at radius 3 is 2.61 bits per heavy atom. The van der Waals surface area contributed by atoms with Gasteiger partial charge in [0.25, 0.3) is 11.8 Å². The first kappa shape index (κ1) is 23.4. The van der Waals surface area contributed by atoms with Crippen LogP contribution in [0.2, 0.25) is 0 Å². The van der Waals surface area contributed by atoms with Crippen LogP contribution in [-0.2, 0) is 11.3 Å². The van der Waals surface area contributed by atoms with Gasteiger partial charge in [0.15, 0.2) is 0 Å². The summed E-state index contributed by atoms with van der Waals surface area (Å²) in [4.78, 5) is 28.7. The van der Waals surface area contributed by atoms with Crippen LogP contribution in [0.1, 0.15) is 51.4 Å². The van der Waals surface area contributed by atoms with Crippen molar-refractivity contribution in [2.24, 2.45) is 11.8 Å². The maximum atomic E-state index is 14.5. The van der Waals surface area contributed by atoms with Gasteiger partial charge in [0.1, 0.15) is 5.82 Å². The van der Waals surface area contributed by atoms with Gasteiger partial charge in [-0.05, 0) is 55.0 Å². The molecule has 2 amide bonds. The summed E-state index contributed by atoms with van der Waals surface area (Å²) in [5.74, 6) is 0.205. The summed E-state index contributed by atoms with van der Waals surface area (Å²) in [6.07, 6.45) is 1.12. The van der Waals surface area contributed by atoms with Crippen molar-refractivity contribution < 1.29 is 18.7 Å². The Hall–Kier alpha value is -2.77. The fourth-order valence-corrected chi connectivity index (χ4v) is 5.83. The number of carbonyl (C=O) groups is 2. The van der Waals surface area contributed by atoms with Crippen molar-refractivity contribution in [3.63, 3.8) is 0 Å². The molecule has 174 valence electrons. The zero-order valence-corrected chi connectivity index (χ0v) is 20.2. The lowest BCUT2D eigenvalue weighted by Gasteiger charge is -2.35. The second-order valence-corrected chi connectivity index (χ2v) is 10.1. The molecule has 1 fully saturated rings. The number of rotatable bonds is 5. The van der Waals surface area contributed by atoms with Crippen molar-refractivity contribution in [3.8, 4) is 0 Å². The second kappa shape index (κ2) is 9.61. The Morgan fingerprint density at radius 2 is 1.91 bits per heavy atom. The molecule has 1 aliphatic heterocycles. The number of ether oxygens (including phenoxy) is 1. The van der Waals surface area contributed by atoms with Crippen LogP contribution in [0.5, 0.6) is 0 Å². The minimum atomic E-state index is -0.372. The van der Waals surface area contributed by atoms with Crippen LogP contribution in [0.15, 0.2) is 36.4 Å². The van der Waals surface area contributed by atoms with Crippen LogP contribution in [0, 0.1) is 24.6 Å². The lowest BCUT2D eigenvalue weighted by Crippen LogP contribution is -2.42. The Bertz CT molecular complexity index is 1200. The van der Waals surface area contributed by atoms with Crippen LogP contribution in [0.4, 0.5) is 10.1 Å². The number of hydrogen-bond acceptors (Lipinski definition) is 4. The van der Waals surface area contributed by atoms with E-state index in [4.69, 9.17) is 4.74 Å². The molecular weight excluding hydrogens is 439 g/mol. The number of piperidine rings is 1. The average Bonchev–Trinajstić information content (AvgIpc) is 3.14. The van der Waals surface area contributed by atoms with Crippen molar-refractivity contribution in [1.29, 1.82) is 0 Å². The van der Waals surface area contributed by atoms with Crippen molar-refractivity contribution in [3.05, 3.63) is 63.8 Å². The number of anilines is 1. The highest BCUT2D eigenvalue weighted by atomic mass is 32.1. The van der Waals surface area contributed by atoms with Gasteiger partial charge in [0.2, 0.25) is 0 Å². The van der Waals surface area contributed by atoms with E-state index in [0.717, 1.165) is 25.1 Å². The Labute approximate surface area is 197 Å². The number of methoxy groups -OCH3 is 1. The first-order valence-electron chi connectivity index (χ1n) is 11.2. The van der Waals surface area contributed by atoms with E-state index >= 15 is 0 Å². The van der Waals surface area contributed by atoms with Gasteiger partial charge < -0.3 is 15.0 Å². The topological polar surface area (TPSA) is 58.6 Å². The summed E-state index contributed by atoms with van der Waals surface area (Å²) in [7, 11) is 1.52. The van der Waals surface area contributed by atoms with E-state index in [0.29, 0.717) is 43.6 Å². The first-order valence-corrected chi connectivity index (χ1v) is 12.0. The van der Waals surface area contributed by atoms with Crippen LogP contribution >= 0.6 is 11.3 Å². The van der Waals surface area contributed by atoms with E-state index < -0.39 is 0 Å². The number of hydrogen-bond donors (Lipinski definition) is 1. The predicted octanol–water partition coefficient (Wildman–Crippen LogP) is 5.87. The van der Waals surface area contributed by atoms with E-state index in [9.17, 15) is 14.0 Å². The number of aryl methyl sites for hydroxylation is 1. The summed E-state index contributed by atoms with van der Waals surface area (Å²) in [6, 6.07) is 10.2. The fourth-order valence-electron chi connectivity index (χ4n) is 4.71. The van der Waals surface area contributed by atoms with Gasteiger partial charge >= 0.3 is 0 Å². The molecule has 0 aliphatic carbocycles. The van der Waals surface area contributed by atoms with Crippen molar-refractivity contribution in [1.82, 2.24) is 4.90 Å².